The molecule has 0 saturated heterocycles. The van der Waals surface area contributed by atoms with E-state index >= 15 is 0 Å². The number of hydrogen-bond donors (Lipinski definition) is 2. The molecule has 2 aromatic carbocycles. The second kappa shape index (κ2) is 8.38. The highest BCUT2D eigenvalue weighted by molar-refractivity contribution is 7.98. The van der Waals surface area contributed by atoms with Gasteiger partial charge >= 0.3 is 6.03 Å². The Morgan fingerprint density at radius 3 is 2.64 bits per heavy atom. The largest absolute Gasteiger partial charge is 0.337 e. The molecule has 0 unspecified atom stereocenters. The minimum Gasteiger partial charge on any atom is -0.337 e. The molecule has 116 valence electrons. The molecule has 2 rings (SSSR count). The van der Waals surface area contributed by atoms with Crippen LogP contribution in [0, 0.1) is 11.6 Å². The van der Waals surface area contributed by atoms with Gasteiger partial charge in [0.2, 0.25) is 0 Å². The van der Waals surface area contributed by atoms with Crippen molar-refractivity contribution in [1.29, 1.82) is 0 Å². The molecule has 0 radical (unpaired) electrons. The van der Waals surface area contributed by atoms with Crippen LogP contribution < -0.4 is 10.6 Å². The predicted molar refractivity (Wildman–Crippen MR) is 86.0 cm³/mol. The standard InChI is InChI=1S/C16H16F2N2OS/c17-13-6-7-14(18)15(10-13)20-16(21)19-8-9-22-11-12-4-2-1-3-5-12/h1-7,10H,8-9,11H2,(H2,19,20,21). The Hall–Kier alpha value is -2.08. The summed E-state index contributed by atoms with van der Waals surface area (Å²) >= 11 is 1.68. The van der Waals surface area contributed by atoms with Crippen LogP contribution in [0.25, 0.3) is 0 Å². The summed E-state index contributed by atoms with van der Waals surface area (Å²) in [5.41, 5.74) is 1.05. The third-order valence-corrected chi connectivity index (χ3v) is 3.85. The molecule has 2 aromatic rings. The molecule has 22 heavy (non-hydrogen) atoms. The molecule has 2 amide bonds. The quantitative estimate of drug-likeness (QED) is 0.789. The zero-order valence-electron chi connectivity index (χ0n) is 11.8. The monoisotopic (exact) mass is 322 g/mol. The first-order valence-electron chi connectivity index (χ1n) is 6.77. The number of carbonyl (C=O) groups is 1. The number of nitrogens with one attached hydrogen (secondary N) is 2. The van der Waals surface area contributed by atoms with Crippen molar-refractivity contribution in [2.24, 2.45) is 0 Å². The lowest BCUT2D eigenvalue weighted by molar-refractivity contribution is 0.252. The van der Waals surface area contributed by atoms with Gasteiger partial charge in [0.15, 0.2) is 0 Å². The van der Waals surface area contributed by atoms with E-state index in [1.165, 1.54) is 5.56 Å². The van der Waals surface area contributed by atoms with Gasteiger partial charge in [0.25, 0.3) is 0 Å². The average molecular weight is 322 g/mol. The van der Waals surface area contributed by atoms with Crippen molar-refractivity contribution in [2.75, 3.05) is 17.6 Å². The number of rotatable bonds is 6. The highest BCUT2D eigenvalue weighted by atomic mass is 32.2. The summed E-state index contributed by atoms with van der Waals surface area (Å²) in [6, 6.07) is 12.4. The van der Waals surface area contributed by atoms with E-state index in [0.717, 1.165) is 29.7 Å². The van der Waals surface area contributed by atoms with Crippen LogP contribution in [0.15, 0.2) is 48.5 Å². The maximum Gasteiger partial charge on any atom is 0.319 e. The van der Waals surface area contributed by atoms with Gasteiger partial charge in [-0.3, -0.25) is 0 Å². The molecule has 6 heteroatoms. The third-order valence-electron chi connectivity index (χ3n) is 2.82. The number of thioether (sulfide) groups is 1. The van der Waals surface area contributed by atoms with Gasteiger partial charge in [-0.1, -0.05) is 30.3 Å². The van der Waals surface area contributed by atoms with E-state index in [0.29, 0.717) is 6.54 Å². The second-order valence-electron chi connectivity index (χ2n) is 4.54. The van der Waals surface area contributed by atoms with E-state index in [2.05, 4.69) is 10.6 Å². The van der Waals surface area contributed by atoms with E-state index in [4.69, 9.17) is 0 Å². The number of anilines is 1. The molecular weight excluding hydrogens is 306 g/mol. The maximum atomic E-state index is 13.3. The number of carbonyl (C=O) groups excluding carboxylic acids is 1. The average Bonchev–Trinajstić information content (AvgIpc) is 2.51. The first-order chi connectivity index (χ1) is 10.6. The summed E-state index contributed by atoms with van der Waals surface area (Å²) in [6.07, 6.45) is 0. The highest BCUT2D eigenvalue weighted by Gasteiger charge is 2.07. The van der Waals surface area contributed by atoms with Crippen LogP contribution in [0.1, 0.15) is 5.56 Å². The number of urea groups is 1. The molecule has 2 N–H and O–H groups in total. The Morgan fingerprint density at radius 2 is 1.86 bits per heavy atom. The summed E-state index contributed by atoms with van der Waals surface area (Å²) in [6.45, 7) is 0.445. The van der Waals surface area contributed by atoms with Gasteiger partial charge < -0.3 is 10.6 Å². The molecule has 0 fully saturated rings. The Bertz CT molecular complexity index is 623. The van der Waals surface area contributed by atoms with Crippen molar-refractivity contribution < 1.29 is 13.6 Å². The van der Waals surface area contributed by atoms with E-state index in [9.17, 15) is 13.6 Å². The Balaban J connectivity index is 1.66. The Labute approximate surface area is 132 Å². The molecule has 0 spiro atoms. The fraction of sp³-hybridized carbons (Fsp3) is 0.188. The van der Waals surface area contributed by atoms with Crippen LogP contribution in [0.2, 0.25) is 0 Å². The molecule has 0 aliphatic rings. The van der Waals surface area contributed by atoms with Crippen LogP contribution in [-0.2, 0) is 5.75 Å². The fourth-order valence-electron chi connectivity index (χ4n) is 1.76. The van der Waals surface area contributed by atoms with Crippen molar-refractivity contribution in [3.8, 4) is 0 Å². The fourth-order valence-corrected chi connectivity index (χ4v) is 2.58. The van der Waals surface area contributed by atoms with Crippen LogP contribution in [0.3, 0.4) is 0 Å². The molecule has 0 saturated carbocycles. The minimum absolute atomic E-state index is 0.172. The van der Waals surface area contributed by atoms with Gasteiger partial charge in [0.05, 0.1) is 5.69 Å². The molecule has 3 nitrogen and oxygen atoms in total. The minimum atomic E-state index is -0.671. The third kappa shape index (κ3) is 5.37. The lowest BCUT2D eigenvalue weighted by Gasteiger charge is -2.08. The number of amides is 2. The van der Waals surface area contributed by atoms with Crippen LogP contribution in [-0.4, -0.2) is 18.3 Å². The maximum absolute atomic E-state index is 13.3. The van der Waals surface area contributed by atoms with Gasteiger partial charge in [-0.15, -0.1) is 0 Å². The van der Waals surface area contributed by atoms with Crippen molar-refractivity contribution >= 4 is 23.5 Å². The van der Waals surface area contributed by atoms with E-state index in [1.807, 2.05) is 30.3 Å². The number of halogens is 2. The Kier molecular flexibility index (Phi) is 6.21. The SMILES string of the molecule is O=C(NCCSCc1ccccc1)Nc1cc(F)ccc1F. The van der Waals surface area contributed by atoms with Crippen molar-refractivity contribution in [3.05, 3.63) is 65.7 Å². The van der Waals surface area contributed by atoms with Crippen molar-refractivity contribution in [3.63, 3.8) is 0 Å². The second-order valence-corrected chi connectivity index (χ2v) is 5.65. The summed E-state index contributed by atoms with van der Waals surface area (Å²) in [5, 5.41) is 4.89. The summed E-state index contributed by atoms with van der Waals surface area (Å²) in [5.74, 6) is 0.321. The van der Waals surface area contributed by atoms with Gasteiger partial charge in [-0.25, -0.2) is 13.6 Å². The summed E-state index contributed by atoms with van der Waals surface area (Å²) < 4.78 is 26.3. The molecule has 0 heterocycles. The van der Waals surface area contributed by atoms with Crippen LogP contribution in [0.5, 0.6) is 0 Å². The number of benzene rings is 2. The lowest BCUT2D eigenvalue weighted by atomic mass is 10.2. The lowest BCUT2D eigenvalue weighted by Crippen LogP contribution is -2.30. The normalized spacial score (nSPS) is 10.3. The zero-order valence-corrected chi connectivity index (χ0v) is 12.6. The van der Waals surface area contributed by atoms with Gasteiger partial charge in [-0.05, 0) is 17.7 Å². The molecular formula is C16H16F2N2OS. The van der Waals surface area contributed by atoms with Gasteiger partial charge in [0.1, 0.15) is 11.6 Å². The zero-order chi connectivity index (χ0) is 15.8. The first kappa shape index (κ1) is 16.3. The van der Waals surface area contributed by atoms with E-state index < -0.39 is 17.7 Å². The van der Waals surface area contributed by atoms with Crippen LogP contribution in [0.4, 0.5) is 19.3 Å². The summed E-state index contributed by atoms with van der Waals surface area (Å²) in [7, 11) is 0. The topological polar surface area (TPSA) is 41.1 Å². The van der Waals surface area contributed by atoms with E-state index in [-0.39, 0.29) is 5.69 Å². The van der Waals surface area contributed by atoms with Gasteiger partial charge in [0, 0.05) is 24.1 Å². The van der Waals surface area contributed by atoms with Crippen molar-refractivity contribution in [2.45, 2.75) is 5.75 Å². The first-order valence-corrected chi connectivity index (χ1v) is 7.92. The smallest absolute Gasteiger partial charge is 0.319 e. The molecule has 0 atom stereocenters. The Morgan fingerprint density at radius 1 is 1.09 bits per heavy atom. The molecule has 0 aliphatic heterocycles. The summed E-state index contributed by atoms with van der Waals surface area (Å²) in [4.78, 5) is 11.6. The molecule has 0 aromatic heterocycles. The highest BCUT2D eigenvalue weighted by Crippen LogP contribution is 2.15. The predicted octanol–water partition coefficient (Wildman–Crippen LogP) is 4.02. The van der Waals surface area contributed by atoms with E-state index in [1.54, 1.807) is 11.8 Å². The molecule has 0 aliphatic carbocycles. The van der Waals surface area contributed by atoms with Crippen LogP contribution >= 0.6 is 11.8 Å². The molecule has 0 bridgehead atoms. The number of hydrogen-bond acceptors (Lipinski definition) is 2. The van der Waals surface area contributed by atoms with Gasteiger partial charge in [-0.2, -0.15) is 11.8 Å². The van der Waals surface area contributed by atoms with Crippen molar-refractivity contribution in [1.82, 2.24) is 5.32 Å².